The maximum atomic E-state index is 11.3. The second-order valence-corrected chi connectivity index (χ2v) is 4.29. The Morgan fingerprint density at radius 1 is 1.61 bits per heavy atom. The molecule has 0 bridgehead atoms. The lowest BCUT2D eigenvalue weighted by molar-refractivity contribution is -0.143. The number of ether oxygens (including phenoxy) is 1. The van der Waals surface area contributed by atoms with Crippen molar-refractivity contribution in [1.82, 2.24) is 0 Å². The Morgan fingerprint density at radius 3 is 2.94 bits per heavy atom. The molecule has 0 spiro atoms. The standard InChI is InChI=1S/C13H15ClN2O2/c1-3-18-13(17)6-9(2)16-12-7-11(14)5-4-10(12)8-15/h4-5,7,9,16H,3,6H2,1-2H3. The van der Waals surface area contributed by atoms with Crippen molar-refractivity contribution in [3.05, 3.63) is 28.8 Å². The minimum Gasteiger partial charge on any atom is -0.466 e. The van der Waals surface area contributed by atoms with Crippen molar-refractivity contribution >= 4 is 23.3 Å². The van der Waals surface area contributed by atoms with Crippen LogP contribution >= 0.6 is 11.6 Å². The normalized spacial score (nSPS) is 11.4. The second kappa shape index (κ2) is 6.87. The summed E-state index contributed by atoms with van der Waals surface area (Å²) in [7, 11) is 0. The first-order chi connectivity index (χ1) is 8.56. The summed E-state index contributed by atoms with van der Waals surface area (Å²) in [6, 6.07) is 6.90. The van der Waals surface area contributed by atoms with E-state index < -0.39 is 0 Å². The zero-order chi connectivity index (χ0) is 13.5. The number of nitriles is 1. The number of carbonyl (C=O) groups is 1. The monoisotopic (exact) mass is 266 g/mol. The third kappa shape index (κ3) is 4.27. The van der Waals surface area contributed by atoms with E-state index in [9.17, 15) is 4.79 Å². The lowest BCUT2D eigenvalue weighted by Crippen LogP contribution is -2.21. The highest BCUT2D eigenvalue weighted by Gasteiger charge is 2.11. The van der Waals surface area contributed by atoms with Gasteiger partial charge in [0.2, 0.25) is 0 Å². The number of hydrogen-bond donors (Lipinski definition) is 1. The van der Waals surface area contributed by atoms with Crippen LogP contribution in [-0.4, -0.2) is 18.6 Å². The molecule has 0 aliphatic heterocycles. The van der Waals surface area contributed by atoms with Gasteiger partial charge in [0.1, 0.15) is 6.07 Å². The third-order valence-corrected chi connectivity index (χ3v) is 2.52. The van der Waals surface area contributed by atoms with Crippen LogP contribution in [0.15, 0.2) is 18.2 Å². The molecule has 0 aliphatic carbocycles. The Morgan fingerprint density at radius 2 is 2.33 bits per heavy atom. The van der Waals surface area contributed by atoms with Gasteiger partial charge in [-0.1, -0.05) is 11.6 Å². The fourth-order valence-corrected chi connectivity index (χ4v) is 1.69. The Labute approximate surface area is 112 Å². The highest BCUT2D eigenvalue weighted by molar-refractivity contribution is 6.30. The zero-order valence-electron chi connectivity index (χ0n) is 10.4. The summed E-state index contributed by atoms with van der Waals surface area (Å²) in [5.41, 5.74) is 1.12. The van der Waals surface area contributed by atoms with Gasteiger partial charge in [-0.3, -0.25) is 4.79 Å². The summed E-state index contributed by atoms with van der Waals surface area (Å²) in [4.78, 5) is 11.3. The summed E-state index contributed by atoms with van der Waals surface area (Å²) in [5, 5.41) is 12.6. The molecule has 0 saturated carbocycles. The molecule has 0 amide bonds. The predicted octanol–water partition coefficient (Wildman–Crippen LogP) is 2.97. The van der Waals surface area contributed by atoms with Gasteiger partial charge in [0.15, 0.2) is 0 Å². The molecule has 1 rings (SSSR count). The Kier molecular flexibility index (Phi) is 5.47. The van der Waals surface area contributed by atoms with Crippen molar-refractivity contribution in [3.8, 4) is 6.07 Å². The molecule has 5 heteroatoms. The largest absolute Gasteiger partial charge is 0.466 e. The maximum absolute atomic E-state index is 11.3. The smallest absolute Gasteiger partial charge is 0.307 e. The average Bonchev–Trinajstić information content (AvgIpc) is 2.29. The molecule has 1 unspecified atom stereocenters. The van der Waals surface area contributed by atoms with Crippen LogP contribution in [0.1, 0.15) is 25.8 Å². The average molecular weight is 267 g/mol. The van der Waals surface area contributed by atoms with Crippen molar-refractivity contribution in [1.29, 1.82) is 5.26 Å². The number of nitrogens with zero attached hydrogens (tertiary/aromatic N) is 1. The predicted molar refractivity (Wildman–Crippen MR) is 70.5 cm³/mol. The molecule has 0 fully saturated rings. The van der Waals surface area contributed by atoms with Crippen LogP contribution in [0, 0.1) is 11.3 Å². The first-order valence-electron chi connectivity index (χ1n) is 5.68. The maximum Gasteiger partial charge on any atom is 0.307 e. The molecule has 0 heterocycles. The topological polar surface area (TPSA) is 62.1 Å². The number of benzene rings is 1. The number of esters is 1. The summed E-state index contributed by atoms with van der Waals surface area (Å²) < 4.78 is 4.86. The van der Waals surface area contributed by atoms with E-state index in [0.717, 1.165) is 0 Å². The summed E-state index contributed by atoms with van der Waals surface area (Å²) in [6.07, 6.45) is 0.241. The summed E-state index contributed by atoms with van der Waals surface area (Å²) in [6.45, 7) is 3.98. The van der Waals surface area contributed by atoms with Crippen LogP contribution in [0.5, 0.6) is 0 Å². The van der Waals surface area contributed by atoms with Gasteiger partial charge >= 0.3 is 5.97 Å². The van der Waals surface area contributed by atoms with Crippen molar-refractivity contribution in [2.24, 2.45) is 0 Å². The van der Waals surface area contributed by atoms with Crippen LogP contribution < -0.4 is 5.32 Å². The molecule has 1 atom stereocenters. The van der Waals surface area contributed by atoms with Gasteiger partial charge in [0.05, 0.1) is 24.3 Å². The van der Waals surface area contributed by atoms with E-state index in [4.69, 9.17) is 21.6 Å². The van der Waals surface area contributed by atoms with Crippen LogP contribution in [0.3, 0.4) is 0 Å². The lowest BCUT2D eigenvalue weighted by atomic mass is 10.1. The van der Waals surface area contributed by atoms with Crippen LogP contribution in [0.4, 0.5) is 5.69 Å². The van der Waals surface area contributed by atoms with E-state index in [1.165, 1.54) is 0 Å². The lowest BCUT2D eigenvalue weighted by Gasteiger charge is -2.15. The Balaban J connectivity index is 2.69. The van der Waals surface area contributed by atoms with Gasteiger partial charge in [0.25, 0.3) is 0 Å². The van der Waals surface area contributed by atoms with Gasteiger partial charge in [-0.2, -0.15) is 5.26 Å². The molecular formula is C13H15ClN2O2. The summed E-state index contributed by atoms with van der Waals surface area (Å²) >= 11 is 5.87. The Hall–Kier alpha value is -1.73. The van der Waals surface area contributed by atoms with E-state index in [0.29, 0.717) is 22.9 Å². The quantitative estimate of drug-likeness (QED) is 0.833. The van der Waals surface area contributed by atoms with Gasteiger partial charge in [0, 0.05) is 11.1 Å². The van der Waals surface area contributed by atoms with Crippen molar-refractivity contribution in [2.75, 3.05) is 11.9 Å². The molecule has 4 nitrogen and oxygen atoms in total. The van der Waals surface area contributed by atoms with E-state index in [1.807, 2.05) is 6.92 Å². The molecule has 96 valence electrons. The Bertz CT molecular complexity index is 469. The highest BCUT2D eigenvalue weighted by Crippen LogP contribution is 2.21. The fraction of sp³-hybridized carbons (Fsp3) is 0.385. The fourth-order valence-electron chi connectivity index (χ4n) is 1.52. The van der Waals surface area contributed by atoms with Gasteiger partial charge in [-0.25, -0.2) is 0 Å². The molecule has 0 aliphatic rings. The van der Waals surface area contributed by atoms with Gasteiger partial charge < -0.3 is 10.1 Å². The molecule has 0 aromatic heterocycles. The van der Waals surface area contributed by atoms with Crippen LogP contribution in [-0.2, 0) is 9.53 Å². The number of hydrogen-bond acceptors (Lipinski definition) is 4. The molecule has 0 saturated heterocycles. The SMILES string of the molecule is CCOC(=O)CC(C)Nc1cc(Cl)ccc1C#N. The van der Waals surface area contributed by atoms with E-state index in [2.05, 4.69) is 11.4 Å². The number of nitrogens with one attached hydrogen (secondary N) is 1. The third-order valence-electron chi connectivity index (χ3n) is 2.28. The van der Waals surface area contributed by atoms with Crippen LogP contribution in [0.2, 0.25) is 5.02 Å². The minimum absolute atomic E-state index is 0.130. The number of rotatable bonds is 5. The molecule has 1 aromatic rings. The second-order valence-electron chi connectivity index (χ2n) is 3.86. The first-order valence-corrected chi connectivity index (χ1v) is 6.06. The van der Waals surface area contributed by atoms with E-state index in [1.54, 1.807) is 25.1 Å². The van der Waals surface area contributed by atoms with Gasteiger partial charge in [-0.05, 0) is 32.0 Å². The molecular weight excluding hydrogens is 252 g/mol. The van der Waals surface area contributed by atoms with Crippen molar-refractivity contribution in [3.63, 3.8) is 0 Å². The van der Waals surface area contributed by atoms with E-state index in [-0.39, 0.29) is 18.4 Å². The molecule has 18 heavy (non-hydrogen) atoms. The van der Waals surface area contributed by atoms with E-state index >= 15 is 0 Å². The first kappa shape index (κ1) is 14.3. The summed E-state index contributed by atoms with van der Waals surface area (Å²) in [5.74, 6) is -0.266. The highest BCUT2D eigenvalue weighted by atomic mass is 35.5. The van der Waals surface area contributed by atoms with Crippen molar-refractivity contribution < 1.29 is 9.53 Å². The molecule has 1 aromatic carbocycles. The minimum atomic E-state index is -0.266. The van der Waals surface area contributed by atoms with Gasteiger partial charge in [-0.15, -0.1) is 0 Å². The number of anilines is 1. The molecule has 1 N–H and O–H groups in total. The molecule has 0 radical (unpaired) electrons. The number of halogens is 1. The van der Waals surface area contributed by atoms with Crippen molar-refractivity contribution in [2.45, 2.75) is 26.3 Å². The number of carbonyl (C=O) groups excluding carboxylic acids is 1. The zero-order valence-corrected chi connectivity index (χ0v) is 11.1. The van der Waals surface area contributed by atoms with Crippen LogP contribution in [0.25, 0.3) is 0 Å².